The smallest absolute Gasteiger partial charge is 0.150 e. The van der Waals surface area contributed by atoms with Gasteiger partial charge in [0.2, 0.25) is 0 Å². The maximum atomic E-state index is 11.7. The molecule has 21 heavy (non-hydrogen) atoms. The van der Waals surface area contributed by atoms with Crippen molar-refractivity contribution in [2.75, 3.05) is 12.9 Å². The lowest BCUT2D eigenvalue weighted by Gasteiger charge is -2.32. The predicted molar refractivity (Wildman–Crippen MR) is 85.1 cm³/mol. The standard InChI is InChI=1S/C16H25NO3S/c1-21(18,19)15-9-5-6-13(12-15)16(17)10-11-20-14-7-3-2-4-8-14/h2-4,7-8,13,15-16H,5-6,9-12,17H2,1H3. The first kappa shape index (κ1) is 16.3. The molecule has 0 amide bonds. The molecule has 0 radical (unpaired) electrons. The van der Waals surface area contributed by atoms with Crippen LogP contribution in [0.4, 0.5) is 0 Å². The predicted octanol–water partition coefficient (Wildman–Crippen LogP) is 2.39. The summed E-state index contributed by atoms with van der Waals surface area (Å²) in [5, 5.41) is -0.211. The van der Waals surface area contributed by atoms with Crippen LogP contribution in [0.25, 0.3) is 0 Å². The van der Waals surface area contributed by atoms with Crippen molar-refractivity contribution in [2.24, 2.45) is 11.7 Å². The van der Waals surface area contributed by atoms with E-state index in [1.54, 1.807) is 0 Å². The molecular formula is C16H25NO3S. The van der Waals surface area contributed by atoms with Gasteiger partial charge >= 0.3 is 0 Å². The van der Waals surface area contributed by atoms with E-state index in [9.17, 15) is 8.42 Å². The first-order chi connectivity index (χ1) is 9.97. The normalized spacial score (nSPS) is 24.5. The first-order valence-corrected chi connectivity index (χ1v) is 9.54. The van der Waals surface area contributed by atoms with Gasteiger partial charge in [0.1, 0.15) is 15.6 Å². The molecular weight excluding hydrogens is 286 g/mol. The summed E-state index contributed by atoms with van der Waals surface area (Å²) >= 11 is 0. The molecule has 0 aromatic heterocycles. The summed E-state index contributed by atoms with van der Waals surface area (Å²) < 4.78 is 29.0. The van der Waals surface area contributed by atoms with Gasteiger partial charge in [-0.1, -0.05) is 24.6 Å². The number of rotatable bonds is 6. The van der Waals surface area contributed by atoms with Gasteiger partial charge in [0.05, 0.1) is 11.9 Å². The minimum atomic E-state index is -2.94. The zero-order chi connectivity index (χ0) is 15.3. The third kappa shape index (κ3) is 5.00. The molecule has 1 aromatic carbocycles. The Labute approximate surface area is 127 Å². The van der Waals surface area contributed by atoms with E-state index in [4.69, 9.17) is 10.5 Å². The number of benzene rings is 1. The Hall–Kier alpha value is -1.07. The van der Waals surface area contributed by atoms with E-state index in [0.29, 0.717) is 13.0 Å². The van der Waals surface area contributed by atoms with Gasteiger partial charge in [-0.2, -0.15) is 0 Å². The number of para-hydroxylation sites is 1. The molecule has 0 saturated heterocycles. The third-order valence-electron chi connectivity index (χ3n) is 4.34. The summed E-state index contributed by atoms with van der Waals surface area (Å²) in [5.74, 6) is 1.14. The van der Waals surface area contributed by atoms with Crippen molar-refractivity contribution < 1.29 is 13.2 Å². The fourth-order valence-corrected chi connectivity index (χ4v) is 4.22. The molecule has 1 saturated carbocycles. The van der Waals surface area contributed by atoms with Gasteiger partial charge in [-0.15, -0.1) is 0 Å². The molecule has 0 bridgehead atoms. The summed E-state index contributed by atoms with van der Waals surface area (Å²) in [5.41, 5.74) is 6.24. The Kier molecular flexibility index (Phi) is 5.65. The largest absolute Gasteiger partial charge is 0.494 e. The van der Waals surface area contributed by atoms with E-state index in [-0.39, 0.29) is 17.2 Å². The van der Waals surface area contributed by atoms with Crippen LogP contribution in [-0.2, 0) is 9.84 Å². The Morgan fingerprint density at radius 2 is 2.00 bits per heavy atom. The van der Waals surface area contributed by atoms with Crippen molar-refractivity contribution in [1.29, 1.82) is 0 Å². The Morgan fingerprint density at radius 3 is 2.67 bits per heavy atom. The van der Waals surface area contributed by atoms with Gasteiger partial charge in [-0.25, -0.2) is 8.42 Å². The Morgan fingerprint density at radius 1 is 1.29 bits per heavy atom. The monoisotopic (exact) mass is 311 g/mol. The Bertz CT molecular complexity index is 530. The van der Waals surface area contributed by atoms with Crippen LogP contribution in [0.5, 0.6) is 5.75 Å². The third-order valence-corrected chi connectivity index (χ3v) is 5.98. The van der Waals surface area contributed by atoms with Crippen LogP contribution in [0.3, 0.4) is 0 Å². The van der Waals surface area contributed by atoms with E-state index < -0.39 is 9.84 Å². The van der Waals surface area contributed by atoms with Gasteiger partial charge in [0, 0.05) is 12.3 Å². The molecule has 4 nitrogen and oxygen atoms in total. The van der Waals surface area contributed by atoms with Crippen molar-refractivity contribution in [3.05, 3.63) is 30.3 Å². The van der Waals surface area contributed by atoms with Crippen molar-refractivity contribution in [2.45, 2.75) is 43.4 Å². The molecule has 3 unspecified atom stereocenters. The van der Waals surface area contributed by atoms with Crippen LogP contribution in [0, 0.1) is 5.92 Å². The molecule has 1 fully saturated rings. The molecule has 118 valence electrons. The average molecular weight is 311 g/mol. The second kappa shape index (κ2) is 7.27. The molecule has 5 heteroatoms. The molecule has 0 aliphatic heterocycles. The van der Waals surface area contributed by atoms with E-state index in [1.807, 2.05) is 30.3 Å². The minimum Gasteiger partial charge on any atom is -0.494 e. The van der Waals surface area contributed by atoms with Crippen molar-refractivity contribution in [3.8, 4) is 5.75 Å². The highest BCUT2D eigenvalue weighted by atomic mass is 32.2. The molecule has 2 N–H and O–H groups in total. The summed E-state index contributed by atoms with van der Waals surface area (Å²) in [6.45, 7) is 0.575. The second-order valence-electron chi connectivity index (χ2n) is 5.99. The van der Waals surface area contributed by atoms with Crippen LogP contribution < -0.4 is 10.5 Å². The number of nitrogens with two attached hydrogens (primary N) is 1. The number of ether oxygens (including phenoxy) is 1. The molecule has 2 rings (SSSR count). The zero-order valence-corrected chi connectivity index (χ0v) is 13.4. The van der Waals surface area contributed by atoms with Crippen LogP contribution in [-0.4, -0.2) is 32.6 Å². The Balaban J connectivity index is 1.79. The maximum Gasteiger partial charge on any atom is 0.150 e. The van der Waals surface area contributed by atoms with Gasteiger partial charge in [-0.3, -0.25) is 0 Å². The van der Waals surface area contributed by atoms with Crippen molar-refractivity contribution in [1.82, 2.24) is 0 Å². The molecule has 1 aromatic rings. The highest BCUT2D eigenvalue weighted by Crippen LogP contribution is 2.30. The summed E-state index contributed by atoms with van der Waals surface area (Å²) in [7, 11) is -2.94. The molecule has 1 aliphatic carbocycles. The number of hydrogen-bond donors (Lipinski definition) is 1. The fraction of sp³-hybridized carbons (Fsp3) is 0.625. The fourth-order valence-electron chi connectivity index (χ4n) is 3.02. The summed E-state index contributed by atoms with van der Waals surface area (Å²) in [6.07, 6.45) is 5.56. The average Bonchev–Trinajstić information content (AvgIpc) is 2.47. The summed E-state index contributed by atoms with van der Waals surface area (Å²) in [6, 6.07) is 9.68. The van der Waals surface area contributed by atoms with Crippen LogP contribution in [0.1, 0.15) is 32.1 Å². The maximum absolute atomic E-state index is 11.7. The van der Waals surface area contributed by atoms with Crippen molar-refractivity contribution in [3.63, 3.8) is 0 Å². The lowest BCUT2D eigenvalue weighted by Crippen LogP contribution is -2.38. The van der Waals surface area contributed by atoms with Crippen LogP contribution in [0.2, 0.25) is 0 Å². The van der Waals surface area contributed by atoms with E-state index in [1.165, 1.54) is 6.26 Å². The van der Waals surface area contributed by atoms with Gasteiger partial charge in [0.25, 0.3) is 0 Å². The van der Waals surface area contributed by atoms with Gasteiger partial charge < -0.3 is 10.5 Å². The van der Waals surface area contributed by atoms with Crippen LogP contribution >= 0.6 is 0 Å². The second-order valence-corrected chi connectivity index (χ2v) is 8.32. The molecule has 0 heterocycles. The molecule has 0 spiro atoms. The zero-order valence-electron chi connectivity index (χ0n) is 12.6. The SMILES string of the molecule is CS(=O)(=O)C1CCCC(C(N)CCOc2ccccc2)C1. The quantitative estimate of drug-likeness (QED) is 0.876. The lowest BCUT2D eigenvalue weighted by atomic mass is 9.83. The minimum absolute atomic E-state index is 0.0123. The lowest BCUT2D eigenvalue weighted by molar-refractivity contribution is 0.244. The molecule has 1 aliphatic rings. The number of sulfone groups is 1. The first-order valence-electron chi connectivity index (χ1n) is 7.59. The number of hydrogen-bond acceptors (Lipinski definition) is 4. The van der Waals surface area contributed by atoms with Gasteiger partial charge in [-0.05, 0) is 43.7 Å². The van der Waals surface area contributed by atoms with E-state index in [0.717, 1.165) is 31.4 Å². The van der Waals surface area contributed by atoms with Crippen molar-refractivity contribution >= 4 is 9.84 Å². The van der Waals surface area contributed by atoms with E-state index in [2.05, 4.69) is 0 Å². The highest BCUT2D eigenvalue weighted by molar-refractivity contribution is 7.91. The van der Waals surface area contributed by atoms with Gasteiger partial charge in [0.15, 0.2) is 0 Å². The topological polar surface area (TPSA) is 69.4 Å². The summed E-state index contributed by atoms with van der Waals surface area (Å²) in [4.78, 5) is 0. The van der Waals surface area contributed by atoms with Crippen LogP contribution in [0.15, 0.2) is 30.3 Å². The molecule has 3 atom stereocenters. The van der Waals surface area contributed by atoms with E-state index >= 15 is 0 Å². The highest BCUT2D eigenvalue weighted by Gasteiger charge is 2.31.